The minimum absolute atomic E-state index is 0.0441. The zero-order chi connectivity index (χ0) is 14.7. The van der Waals surface area contributed by atoms with Crippen LogP contribution in [0.4, 0.5) is 14.5 Å². The lowest BCUT2D eigenvalue weighted by Crippen LogP contribution is -2.32. The van der Waals surface area contributed by atoms with Crippen LogP contribution in [0.15, 0.2) is 42.5 Å². The molecule has 0 saturated carbocycles. The van der Waals surface area contributed by atoms with E-state index >= 15 is 0 Å². The van der Waals surface area contributed by atoms with Crippen LogP contribution in [0, 0.1) is 11.6 Å². The van der Waals surface area contributed by atoms with Gasteiger partial charge in [0.25, 0.3) is 5.91 Å². The van der Waals surface area contributed by atoms with E-state index in [4.69, 9.17) is 0 Å². The van der Waals surface area contributed by atoms with Gasteiger partial charge >= 0.3 is 0 Å². The number of para-hydroxylation sites is 1. The number of amides is 1. The van der Waals surface area contributed by atoms with Crippen molar-refractivity contribution in [2.45, 2.75) is 6.92 Å². The summed E-state index contributed by atoms with van der Waals surface area (Å²) in [6, 6.07) is 9.29. The molecular formula is C15H13F2NO2. The number of hydrogen-bond acceptors (Lipinski definition) is 2. The van der Waals surface area contributed by atoms with E-state index in [1.54, 1.807) is 13.0 Å². The van der Waals surface area contributed by atoms with Crippen molar-refractivity contribution in [1.29, 1.82) is 0 Å². The van der Waals surface area contributed by atoms with Crippen LogP contribution < -0.4 is 4.90 Å². The number of anilines is 1. The maximum absolute atomic E-state index is 13.8. The molecule has 1 N–H and O–H groups in total. The van der Waals surface area contributed by atoms with Gasteiger partial charge in [0.1, 0.15) is 22.9 Å². The Balaban J connectivity index is 2.48. The standard InChI is InChI=1S/C15H13F2NO2/c1-2-18(12-8-4-3-6-10(12)16)15(20)14-11(17)7-5-9-13(14)19/h3-9,19H,2H2,1H3. The van der Waals surface area contributed by atoms with Crippen LogP contribution in [0.3, 0.4) is 0 Å². The molecule has 3 nitrogen and oxygen atoms in total. The summed E-state index contributed by atoms with van der Waals surface area (Å²) in [4.78, 5) is 13.4. The minimum Gasteiger partial charge on any atom is -0.507 e. The van der Waals surface area contributed by atoms with Gasteiger partial charge in [-0.25, -0.2) is 8.78 Å². The van der Waals surface area contributed by atoms with Crippen molar-refractivity contribution >= 4 is 11.6 Å². The lowest BCUT2D eigenvalue weighted by Gasteiger charge is -2.22. The Morgan fingerprint density at radius 1 is 1.10 bits per heavy atom. The molecule has 0 unspecified atom stereocenters. The highest BCUT2D eigenvalue weighted by molar-refractivity contribution is 6.08. The second kappa shape index (κ2) is 5.69. The Hall–Kier alpha value is -2.43. The van der Waals surface area contributed by atoms with Crippen molar-refractivity contribution in [2.24, 2.45) is 0 Å². The van der Waals surface area contributed by atoms with Crippen LogP contribution >= 0.6 is 0 Å². The smallest absolute Gasteiger partial charge is 0.265 e. The molecule has 0 radical (unpaired) electrons. The van der Waals surface area contributed by atoms with Gasteiger partial charge in [-0.05, 0) is 31.2 Å². The summed E-state index contributed by atoms with van der Waals surface area (Å²) in [5.74, 6) is -2.68. The molecule has 0 aliphatic carbocycles. The summed E-state index contributed by atoms with van der Waals surface area (Å²) in [5.41, 5.74) is -0.416. The zero-order valence-corrected chi connectivity index (χ0v) is 10.8. The number of carbonyl (C=O) groups is 1. The SMILES string of the molecule is CCN(C(=O)c1c(O)cccc1F)c1ccccc1F. The average Bonchev–Trinajstić information content (AvgIpc) is 2.41. The van der Waals surface area contributed by atoms with Gasteiger partial charge in [-0.3, -0.25) is 4.79 Å². The van der Waals surface area contributed by atoms with Gasteiger partial charge in [0.15, 0.2) is 0 Å². The number of nitrogens with zero attached hydrogens (tertiary/aromatic N) is 1. The average molecular weight is 277 g/mol. The molecular weight excluding hydrogens is 264 g/mol. The minimum atomic E-state index is -0.843. The zero-order valence-electron chi connectivity index (χ0n) is 10.8. The van der Waals surface area contributed by atoms with Crippen molar-refractivity contribution in [3.63, 3.8) is 0 Å². The highest BCUT2D eigenvalue weighted by Gasteiger charge is 2.24. The largest absolute Gasteiger partial charge is 0.507 e. The molecule has 0 spiro atoms. The van der Waals surface area contributed by atoms with Crippen molar-refractivity contribution < 1.29 is 18.7 Å². The summed E-state index contributed by atoms with van der Waals surface area (Å²) in [5, 5.41) is 9.64. The van der Waals surface area contributed by atoms with E-state index in [0.717, 1.165) is 11.0 Å². The molecule has 0 fully saturated rings. The number of phenols is 1. The maximum atomic E-state index is 13.8. The van der Waals surface area contributed by atoms with Crippen LogP contribution in [0.2, 0.25) is 0 Å². The molecule has 104 valence electrons. The van der Waals surface area contributed by atoms with Crippen LogP contribution in [-0.2, 0) is 0 Å². The van der Waals surface area contributed by atoms with E-state index in [1.165, 1.54) is 30.3 Å². The number of aromatic hydroxyl groups is 1. The number of halogens is 2. The van der Waals surface area contributed by atoms with Crippen LogP contribution in [0.5, 0.6) is 5.75 Å². The molecule has 20 heavy (non-hydrogen) atoms. The first-order valence-corrected chi connectivity index (χ1v) is 6.10. The van der Waals surface area contributed by atoms with E-state index in [1.807, 2.05) is 0 Å². The summed E-state index contributed by atoms with van der Waals surface area (Å²) >= 11 is 0. The third kappa shape index (κ3) is 2.47. The molecule has 2 rings (SSSR count). The highest BCUT2D eigenvalue weighted by Crippen LogP contribution is 2.26. The third-order valence-corrected chi connectivity index (χ3v) is 2.91. The fraction of sp³-hybridized carbons (Fsp3) is 0.133. The number of hydrogen-bond donors (Lipinski definition) is 1. The van der Waals surface area contributed by atoms with E-state index in [2.05, 4.69) is 0 Å². The molecule has 0 aromatic heterocycles. The highest BCUT2D eigenvalue weighted by atomic mass is 19.1. The molecule has 0 aliphatic rings. The topological polar surface area (TPSA) is 40.5 Å². The number of carbonyl (C=O) groups excluding carboxylic acids is 1. The number of phenolic OH excluding ortho intramolecular Hbond substituents is 1. The Morgan fingerprint density at radius 2 is 1.75 bits per heavy atom. The second-order valence-electron chi connectivity index (χ2n) is 4.13. The number of rotatable bonds is 3. The summed E-state index contributed by atoms with van der Waals surface area (Å²) in [7, 11) is 0. The van der Waals surface area contributed by atoms with Gasteiger partial charge in [-0.15, -0.1) is 0 Å². The normalized spacial score (nSPS) is 10.3. The molecule has 0 heterocycles. The lowest BCUT2D eigenvalue weighted by molar-refractivity contribution is 0.0980. The van der Waals surface area contributed by atoms with Gasteiger partial charge in [-0.1, -0.05) is 18.2 Å². The van der Waals surface area contributed by atoms with Crippen molar-refractivity contribution in [3.05, 3.63) is 59.7 Å². The van der Waals surface area contributed by atoms with Crippen LogP contribution in [0.25, 0.3) is 0 Å². The molecule has 0 aliphatic heterocycles. The van der Waals surface area contributed by atoms with Gasteiger partial charge in [0.05, 0.1) is 5.69 Å². The maximum Gasteiger partial charge on any atom is 0.265 e. The molecule has 1 amide bonds. The van der Waals surface area contributed by atoms with Crippen molar-refractivity contribution in [2.75, 3.05) is 11.4 Å². The first-order chi connectivity index (χ1) is 9.56. The predicted molar refractivity (Wildman–Crippen MR) is 71.8 cm³/mol. The van der Waals surface area contributed by atoms with E-state index < -0.39 is 28.9 Å². The van der Waals surface area contributed by atoms with Crippen LogP contribution in [0.1, 0.15) is 17.3 Å². The first kappa shape index (κ1) is 14.0. The molecule has 5 heteroatoms. The quantitative estimate of drug-likeness (QED) is 0.934. The predicted octanol–water partition coefficient (Wildman–Crippen LogP) is 3.34. The Morgan fingerprint density at radius 3 is 2.35 bits per heavy atom. The second-order valence-corrected chi connectivity index (χ2v) is 4.13. The monoisotopic (exact) mass is 277 g/mol. The Kier molecular flexibility index (Phi) is 3.98. The molecule has 2 aromatic carbocycles. The lowest BCUT2D eigenvalue weighted by atomic mass is 10.1. The Labute approximate surface area is 115 Å². The molecule has 0 atom stereocenters. The number of benzene rings is 2. The first-order valence-electron chi connectivity index (χ1n) is 6.10. The third-order valence-electron chi connectivity index (χ3n) is 2.91. The van der Waals surface area contributed by atoms with Crippen molar-refractivity contribution in [1.82, 2.24) is 0 Å². The van der Waals surface area contributed by atoms with E-state index in [9.17, 15) is 18.7 Å². The molecule has 2 aromatic rings. The molecule has 0 bridgehead atoms. The van der Waals surface area contributed by atoms with Crippen molar-refractivity contribution in [3.8, 4) is 5.75 Å². The summed E-state index contributed by atoms with van der Waals surface area (Å²) in [6.07, 6.45) is 0. The van der Waals surface area contributed by atoms with Gasteiger partial charge in [0, 0.05) is 6.54 Å². The Bertz CT molecular complexity index is 623. The summed E-state index contributed by atoms with van der Waals surface area (Å²) in [6.45, 7) is 1.79. The fourth-order valence-corrected chi connectivity index (χ4v) is 1.95. The van der Waals surface area contributed by atoms with Gasteiger partial charge in [-0.2, -0.15) is 0 Å². The van der Waals surface area contributed by atoms with Crippen LogP contribution in [-0.4, -0.2) is 17.6 Å². The fourth-order valence-electron chi connectivity index (χ4n) is 1.95. The summed E-state index contributed by atoms with van der Waals surface area (Å²) < 4.78 is 27.5. The van der Waals surface area contributed by atoms with E-state index in [-0.39, 0.29) is 12.2 Å². The van der Waals surface area contributed by atoms with E-state index in [0.29, 0.717) is 0 Å². The van der Waals surface area contributed by atoms with Gasteiger partial charge < -0.3 is 10.0 Å². The molecule has 0 saturated heterocycles. The van der Waals surface area contributed by atoms with Gasteiger partial charge in [0.2, 0.25) is 0 Å².